The maximum Gasteiger partial charge on any atom is 0.305 e. The molecule has 0 spiro atoms. The van der Waals surface area contributed by atoms with Gasteiger partial charge in [0, 0.05) is 46.3 Å². The summed E-state index contributed by atoms with van der Waals surface area (Å²) in [6.45, 7) is 18.4. The van der Waals surface area contributed by atoms with E-state index in [4.69, 9.17) is 14.2 Å². The van der Waals surface area contributed by atoms with Gasteiger partial charge in [-0.1, -0.05) is 20.8 Å². The van der Waals surface area contributed by atoms with E-state index in [2.05, 4.69) is 52.6 Å². The van der Waals surface area contributed by atoms with Crippen LogP contribution in [0.1, 0.15) is 128 Å². The first-order chi connectivity index (χ1) is 22.8. The predicted octanol–water partition coefficient (Wildman–Crippen LogP) is 6.80. The SMILES string of the molecule is CCC(=O)O[C@@H]1C[C@@H](C(C)(C)O)O[C@H]2CC[C@@]3(C)[C@@H](CC[C@H]4Cc5c([nH]c6ccc7c(c56)C[C@@H]5[C@@H](C7=O)C(C)(C)OC5(C)C)[C@@]43C)[C@@]21C=O. The van der Waals surface area contributed by atoms with Crippen LogP contribution in [-0.2, 0) is 42.1 Å². The summed E-state index contributed by atoms with van der Waals surface area (Å²) in [5.74, 6) is 0.0999. The molecular weight excluding hydrogens is 618 g/mol. The van der Waals surface area contributed by atoms with Crippen molar-refractivity contribution in [2.75, 3.05) is 0 Å². The summed E-state index contributed by atoms with van der Waals surface area (Å²) in [6.07, 6.45) is 4.95. The Bertz CT molecular complexity index is 1760. The van der Waals surface area contributed by atoms with Crippen LogP contribution in [0.25, 0.3) is 10.9 Å². The second-order valence-corrected chi connectivity index (χ2v) is 18.6. The van der Waals surface area contributed by atoms with Crippen LogP contribution in [-0.4, -0.2) is 63.2 Å². The molecule has 4 aliphatic carbocycles. The lowest BCUT2D eigenvalue weighted by atomic mass is 9.39. The molecule has 6 aliphatic rings. The number of carbonyl (C=O) groups is 3. The van der Waals surface area contributed by atoms with Gasteiger partial charge in [0.05, 0.1) is 40.3 Å². The van der Waals surface area contributed by atoms with Gasteiger partial charge in [-0.2, -0.15) is 0 Å². The van der Waals surface area contributed by atoms with E-state index in [1.54, 1.807) is 20.8 Å². The molecule has 2 saturated heterocycles. The van der Waals surface area contributed by atoms with Crippen molar-refractivity contribution in [2.24, 2.45) is 34.5 Å². The van der Waals surface area contributed by atoms with Gasteiger partial charge in [0.25, 0.3) is 0 Å². The predicted molar refractivity (Wildman–Crippen MR) is 185 cm³/mol. The Morgan fingerprint density at radius 1 is 1.06 bits per heavy atom. The third kappa shape index (κ3) is 4.17. The first-order valence-corrected chi connectivity index (χ1v) is 18.8. The number of aldehydes is 1. The molecule has 8 rings (SSSR count). The van der Waals surface area contributed by atoms with Gasteiger partial charge in [-0.05, 0) is 121 Å². The lowest BCUT2D eigenvalue weighted by molar-refractivity contribution is -0.275. The van der Waals surface area contributed by atoms with E-state index in [1.807, 2.05) is 6.07 Å². The normalized spacial score (nSPS) is 41.6. The molecule has 8 heteroatoms. The molecule has 266 valence electrons. The molecular formula is C41H55NO7. The Morgan fingerprint density at radius 3 is 2.47 bits per heavy atom. The van der Waals surface area contributed by atoms with Crippen molar-refractivity contribution in [3.63, 3.8) is 0 Å². The molecule has 2 aromatic rings. The minimum absolute atomic E-state index is 0.0813. The van der Waals surface area contributed by atoms with Gasteiger partial charge in [-0.15, -0.1) is 0 Å². The van der Waals surface area contributed by atoms with Gasteiger partial charge in [0.15, 0.2) is 5.78 Å². The third-order valence-electron chi connectivity index (χ3n) is 15.2. The smallest absolute Gasteiger partial charge is 0.305 e. The summed E-state index contributed by atoms with van der Waals surface area (Å²) >= 11 is 0. The zero-order valence-electron chi connectivity index (χ0n) is 30.8. The van der Waals surface area contributed by atoms with Gasteiger partial charge in [-0.25, -0.2) is 0 Å². The van der Waals surface area contributed by atoms with Crippen LogP contribution in [0.15, 0.2) is 12.1 Å². The van der Waals surface area contributed by atoms with E-state index in [1.165, 1.54) is 16.6 Å². The second kappa shape index (κ2) is 10.3. The summed E-state index contributed by atoms with van der Waals surface area (Å²) in [5.41, 5.74) is 2.02. The summed E-state index contributed by atoms with van der Waals surface area (Å²) in [4.78, 5) is 44.8. The lowest BCUT2D eigenvalue weighted by Crippen LogP contribution is -2.70. The fourth-order valence-corrected chi connectivity index (χ4v) is 12.8. The van der Waals surface area contributed by atoms with Crippen molar-refractivity contribution < 1.29 is 33.7 Å². The number of fused-ring (bicyclic) bond motifs is 12. The number of Topliss-reactive ketones (excluding diaryl/α,β-unsaturated/α-hetero) is 1. The molecule has 4 fully saturated rings. The van der Waals surface area contributed by atoms with Crippen molar-refractivity contribution >= 4 is 28.9 Å². The van der Waals surface area contributed by atoms with E-state index in [0.29, 0.717) is 12.3 Å². The van der Waals surface area contributed by atoms with Crippen LogP contribution < -0.4 is 0 Å². The molecule has 0 bridgehead atoms. The van der Waals surface area contributed by atoms with Crippen LogP contribution >= 0.6 is 0 Å². The molecule has 3 heterocycles. The highest BCUT2D eigenvalue weighted by Crippen LogP contribution is 2.71. The zero-order chi connectivity index (χ0) is 35.3. The Hall–Kier alpha value is -2.55. The number of aliphatic hydroxyl groups is 1. The lowest BCUT2D eigenvalue weighted by Gasteiger charge is -2.67. The van der Waals surface area contributed by atoms with Crippen LogP contribution in [0.4, 0.5) is 0 Å². The number of ketones is 1. The number of ether oxygens (including phenoxy) is 3. The fraction of sp³-hybridized carbons (Fsp3) is 0.732. The number of H-pyrrole nitrogens is 1. The van der Waals surface area contributed by atoms with Gasteiger partial charge in [0.1, 0.15) is 12.4 Å². The van der Waals surface area contributed by atoms with E-state index < -0.39 is 40.5 Å². The zero-order valence-corrected chi connectivity index (χ0v) is 30.8. The fourth-order valence-electron chi connectivity index (χ4n) is 12.8. The molecule has 1 aromatic heterocycles. The minimum Gasteiger partial charge on any atom is -0.461 e. The summed E-state index contributed by atoms with van der Waals surface area (Å²) in [5, 5.41) is 12.3. The second-order valence-electron chi connectivity index (χ2n) is 18.6. The van der Waals surface area contributed by atoms with Crippen LogP contribution in [0.2, 0.25) is 0 Å². The Balaban J connectivity index is 1.25. The number of aromatic amines is 1. The number of aromatic nitrogens is 1. The highest BCUT2D eigenvalue weighted by Gasteiger charge is 2.72. The van der Waals surface area contributed by atoms with Crippen LogP contribution in [0.5, 0.6) is 0 Å². The summed E-state index contributed by atoms with van der Waals surface area (Å²) < 4.78 is 19.4. The highest BCUT2D eigenvalue weighted by atomic mass is 16.6. The van der Waals surface area contributed by atoms with Crippen molar-refractivity contribution in [1.29, 1.82) is 0 Å². The van der Waals surface area contributed by atoms with E-state index >= 15 is 0 Å². The standard InChI is InChI=1S/C41H55NO7/c1-10-31(44)48-30-19-29(36(2,3)46)47-28-15-16-39(8)27(41(28,30)20-43)14-11-21-17-24-32-23-18-25-33(38(6,7)49-37(25,4)5)34(45)22(23)12-13-26(32)42-35(24)40(21,39)9/h12-13,20-21,25,27-30,33,42,46H,10-11,14-19H2,1-9H3/t21-,25+,27+,28-,29-,30+,33-,39-,40+,41-/m0/s1. The van der Waals surface area contributed by atoms with E-state index in [0.717, 1.165) is 55.0 Å². The third-order valence-corrected chi connectivity index (χ3v) is 15.2. The van der Waals surface area contributed by atoms with Crippen molar-refractivity contribution in [3.05, 3.63) is 34.5 Å². The van der Waals surface area contributed by atoms with Crippen molar-refractivity contribution in [3.8, 4) is 0 Å². The molecule has 2 N–H and O–H groups in total. The average Bonchev–Trinajstić information content (AvgIpc) is 3.60. The topological polar surface area (TPSA) is 115 Å². The molecule has 0 amide bonds. The molecule has 2 saturated carbocycles. The Labute approximate surface area is 290 Å². The van der Waals surface area contributed by atoms with Crippen molar-refractivity contribution in [1.82, 2.24) is 4.98 Å². The molecule has 2 aliphatic heterocycles. The molecule has 0 unspecified atom stereocenters. The number of rotatable bonds is 4. The van der Waals surface area contributed by atoms with Gasteiger partial charge >= 0.3 is 5.97 Å². The monoisotopic (exact) mass is 673 g/mol. The molecule has 0 radical (unpaired) electrons. The van der Waals surface area contributed by atoms with E-state index in [9.17, 15) is 19.5 Å². The summed E-state index contributed by atoms with van der Waals surface area (Å²) in [6, 6.07) is 4.14. The first kappa shape index (κ1) is 33.6. The quantitative estimate of drug-likeness (QED) is 0.271. The number of esters is 1. The van der Waals surface area contributed by atoms with Crippen molar-refractivity contribution in [2.45, 2.75) is 154 Å². The van der Waals surface area contributed by atoms with Crippen LogP contribution in [0.3, 0.4) is 0 Å². The van der Waals surface area contributed by atoms with Gasteiger partial charge in [-0.3, -0.25) is 9.59 Å². The maximum atomic E-state index is 14.2. The number of hydrogen-bond acceptors (Lipinski definition) is 7. The highest BCUT2D eigenvalue weighted by molar-refractivity contribution is 6.06. The molecule has 8 nitrogen and oxygen atoms in total. The number of carbonyl (C=O) groups excluding carboxylic acids is 3. The van der Waals surface area contributed by atoms with Gasteiger partial charge < -0.3 is 29.1 Å². The molecule has 1 aromatic carbocycles. The Kier molecular flexibility index (Phi) is 7.05. The van der Waals surface area contributed by atoms with E-state index in [-0.39, 0.29) is 53.2 Å². The first-order valence-electron chi connectivity index (χ1n) is 18.8. The minimum atomic E-state index is -1.14. The maximum absolute atomic E-state index is 14.2. The number of hydrogen-bond donors (Lipinski definition) is 2. The van der Waals surface area contributed by atoms with Gasteiger partial charge in [0.2, 0.25) is 0 Å². The Morgan fingerprint density at radius 2 is 1.80 bits per heavy atom. The summed E-state index contributed by atoms with van der Waals surface area (Å²) in [7, 11) is 0. The number of nitrogens with one attached hydrogen (secondary N) is 1. The largest absolute Gasteiger partial charge is 0.461 e. The molecule has 49 heavy (non-hydrogen) atoms. The average molecular weight is 674 g/mol. The number of benzene rings is 1. The van der Waals surface area contributed by atoms with Crippen LogP contribution in [0, 0.1) is 34.5 Å². The molecule has 10 atom stereocenters.